The Balaban J connectivity index is 1.45. The lowest BCUT2D eigenvalue weighted by Gasteiger charge is -2.21. The van der Waals surface area contributed by atoms with Gasteiger partial charge in [0.25, 0.3) is 0 Å². The van der Waals surface area contributed by atoms with Gasteiger partial charge in [-0.1, -0.05) is 18.2 Å². The molecule has 0 saturated carbocycles. The van der Waals surface area contributed by atoms with Crippen molar-refractivity contribution in [2.75, 3.05) is 23.8 Å². The maximum Gasteiger partial charge on any atom is 0.224 e. The van der Waals surface area contributed by atoms with Crippen molar-refractivity contribution in [2.24, 2.45) is 5.92 Å². The van der Waals surface area contributed by atoms with Crippen molar-refractivity contribution in [3.63, 3.8) is 0 Å². The molecule has 0 spiro atoms. The number of hydrogen-bond acceptors (Lipinski definition) is 3. The van der Waals surface area contributed by atoms with Crippen LogP contribution in [0.25, 0.3) is 0 Å². The summed E-state index contributed by atoms with van der Waals surface area (Å²) < 4.78 is 5.35. The Hall–Kier alpha value is -2.33. The molecule has 1 saturated heterocycles. The molecular weight excluding hydrogens is 300 g/mol. The summed E-state index contributed by atoms with van der Waals surface area (Å²) in [7, 11) is 0. The summed E-state index contributed by atoms with van der Waals surface area (Å²) in [6, 6.07) is 17.8. The average Bonchev–Trinajstić information content (AvgIpc) is 2.63. The Bertz CT molecular complexity index is 634. The number of rotatable bonds is 6. The van der Waals surface area contributed by atoms with Gasteiger partial charge in [-0.3, -0.25) is 4.79 Å². The van der Waals surface area contributed by atoms with E-state index in [4.69, 9.17) is 4.74 Å². The number of hydrogen-bond donors (Lipinski definition) is 2. The van der Waals surface area contributed by atoms with Gasteiger partial charge in [-0.25, -0.2) is 0 Å². The molecule has 24 heavy (non-hydrogen) atoms. The SMILES string of the molecule is O=C(CCC1CCOCC1)Nc1ccc(Nc2ccccc2)cc1. The first-order valence-electron chi connectivity index (χ1n) is 8.59. The summed E-state index contributed by atoms with van der Waals surface area (Å²) >= 11 is 0. The standard InChI is InChI=1S/C20H24N2O2/c23-20(11-6-16-12-14-24-15-13-16)22-19-9-7-18(8-10-19)21-17-4-2-1-3-5-17/h1-5,7-10,16,21H,6,11-15H2,(H,22,23). The van der Waals surface area contributed by atoms with Gasteiger partial charge in [0.05, 0.1) is 0 Å². The molecule has 0 bridgehead atoms. The zero-order chi connectivity index (χ0) is 16.6. The van der Waals surface area contributed by atoms with E-state index in [1.165, 1.54) is 0 Å². The molecule has 0 aromatic heterocycles. The Morgan fingerprint density at radius 3 is 2.25 bits per heavy atom. The van der Waals surface area contributed by atoms with Crippen LogP contribution in [0.3, 0.4) is 0 Å². The fourth-order valence-corrected chi connectivity index (χ4v) is 2.92. The van der Waals surface area contributed by atoms with Gasteiger partial charge >= 0.3 is 0 Å². The Labute approximate surface area is 143 Å². The van der Waals surface area contributed by atoms with E-state index in [9.17, 15) is 4.79 Å². The van der Waals surface area contributed by atoms with Crippen LogP contribution < -0.4 is 10.6 Å². The third-order valence-electron chi connectivity index (χ3n) is 4.35. The Morgan fingerprint density at radius 1 is 0.917 bits per heavy atom. The minimum atomic E-state index is 0.0882. The zero-order valence-corrected chi connectivity index (χ0v) is 13.8. The molecule has 1 aliphatic rings. The van der Waals surface area contributed by atoms with E-state index in [0.29, 0.717) is 12.3 Å². The normalized spacial score (nSPS) is 15.0. The molecule has 126 valence electrons. The third kappa shape index (κ3) is 5.10. The smallest absolute Gasteiger partial charge is 0.224 e. The van der Waals surface area contributed by atoms with Crippen LogP contribution >= 0.6 is 0 Å². The molecule has 4 nitrogen and oxygen atoms in total. The van der Waals surface area contributed by atoms with Crippen LogP contribution in [0.1, 0.15) is 25.7 Å². The Kier molecular flexibility index (Phi) is 5.85. The Morgan fingerprint density at radius 2 is 1.54 bits per heavy atom. The quantitative estimate of drug-likeness (QED) is 0.818. The van der Waals surface area contributed by atoms with Crippen molar-refractivity contribution in [1.29, 1.82) is 0 Å². The number of ether oxygens (including phenoxy) is 1. The highest BCUT2D eigenvalue weighted by Crippen LogP contribution is 2.21. The fraction of sp³-hybridized carbons (Fsp3) is 0.350. The lowest BCUT2D eigenvalue weighted by molar-refractivity contribution is -0.116. The average molecular weight is 324 g/mol. The topological polar surface area (TPSA) is 50.4 Å². The minimum Gasteiger partial charge on any atom is -0.381 e. The van der Waals surface area contributed by atoms with E-state index in [1.54, 1.807) is 0 Å². The van der Waals surface area contributed by atoms with E-state index >= 15 is 0 Å². The van der Waals surface area contributed by atoms with E-state index in [2.05, 4.69) is 10.6 Å². The highest BCUT2D eigenvalue weighted by molar-refractivity contribution is 5.90. The van der Waals surface area contributed by atoms with Gasteiger partial charge in [-0.05, 0) is 61.6 Å². The minimum absolute atomic E-state index is 0.0882. The number of nitrogens with one attached hydrogen (secondary N) is 2. The van der Waals surface area contributed by atoms with Crippen LogP contribution in [-0.4, -0.2) is 19.1 Å². The van der Waals surface area contributed by atoms with Crippen molar-refractivity contribution >= 4 is 23.0 Å². The van der Waals surface area contributed by atoms with Crippen molar-refractivity contribution < 1.29 is 9.53 Å². The second-order valence-electron chi connectivity index (χ2n) is 6.21. The molecule has 1 heterocycles. The number of carbonyl (C=O) groups excluding carboxylic acids is 1. The summed E-state index contributed by atoms with van der Waals surface area (Å²) in [5.41, 5.74) is 2.89. The van der Waals surface area contributed by atoms with Crippen molar-refractivity contribution in [3.05, 3.63) is 54.6 Å². The largest absolute Gasteiger partial charge is 0.381 e. The molecule has 4 heteroatoms. The van der Waals surface area contributed by atoms with Gasteiger partial charge in [0.2, 0.25) is 5.91 Å². The molecule has 2 aromatic rings. The summed E-state index contributed by atoms with van der Waals surface area (Å²) in [5, 5.41) is 6.30. The summed E-state index contributed by atoms with van der Waals surface area (Å²) in [6.45, 7) is 1.67. The highest BCUT2D eigenvalue weighted by atomic mass is 16.5. The molecule has 0 atom stereocenters. The fourth-order valence-electron chi connectivity index (χ4n) is 2.92. The van der Waals surface area contributed by atoms with Crippen LogP contribution in [0.2, 0.25) is 0 Å². The molecule has 1 amide bonds. The van der Waals surface area contributed by atoms with E-state index in [-0.39, 0.29) is 5.91 Å². The molecule has 2 N–H and O–H groups in total. The lowest BCUT2D eigenvalue weighted by atomic mass is 9.95. The maximum atomic E-state index is 12.1. The molecule has 0 radical (unpaired) electrons. The molecule has 2 aromatic carbocycles. The third-order valence-corrected chi connectivity index (χ3v) is 4.35. The van der Waals surface area contributed by atoms with Crippen LogP contribution in [0.15, 0.2) is 54.6 Å². The second kappa shape index (κ2) is 8.50. The van der Waals surface area contributed by atoms with Gasteiger partial charge in [0, 0.05) is 36.7 Å². The van der Waals surface area contributed by atoms with Gasteiger partial charge < -0.3 is 15.4 Å². The first kappa shape index (κ1) is 16.5. The first-order valence-corrected chi connectivity index (χ1v) is 8.59. The maximum absolute atomic E-state index is 12.1. The van der Waals surface area contributed by atoms with Crippen molar-refractivity contribution in [1.82, 2.24) is 0 Å². The van der Waals surface area contributed by atoms with Gasteiger partial charge in [0.15, 0.2) is 0 Å². The van der Waals surface area contributed by atoms with Gasteiger partial charge in [-0.15, -0.1) is 0 Å². The monoisotopic (exact) mass is 324 g/mol. The van der Waals surface area contributed by atoms with Crippen LogP contribution in [0.4, 0.5) is 17.1 Å². The van der Waals surface area contributed by atoms with Gasteiger partial charge in [0.1, 0.15) is 0 Å². The summed E-state index contributed by atoms with van der Waals surface area (Å²) in [4.78, 5) is 12.1. The summed E-state index contributed by atoms with van der Waals surface area (Å²) in [6.07, 6.45) is 3.68. The molecule has 1 aliphatic heterocycles. The van der Waals surface area contributed by atoms with Crippen LogP contribution in [-0.2, 0) is 9.53 Å². The number of amides is 1. The van der Waals surface area contributed by atoms with E-state index in [0.717, 1.165) is 49.5 Å². The molecule has 1 fully saturated rings. The second-order valence-corrected chi connectivity index (χ2v) is 6.21. The number of para-hydroxylation sites is 1. The van der Waals surface area contributed by atoms with Crippen LogP contribution in [0.5, 0.6) is 0 Å². The van der Waals surface area contributed by atoms with Crippen molar-refractivity contribution in [3.8, 4) is 0 Å². The highest BCUT2D eigenvalue weighted by Gasteiger charge is 2.15. The zero-order valence-electron chi connectivity index (χ0n) is 13.8. The number of anilines is 3. The first-order chi connectivity index (χ1) is 11.8. The predicted octanol–water partition coefficient (Wildman–Crippen LogP) is 4.58. The molecule has 0 unspecified atom stereocenters. The molecular formula is C20H24N2O2. The van der Waals surface area contributed by atoms with E-state index in [1.807, 2.05) is 54.6 Å². The van der Waals surface area contributed by atoms with Crippen molar-refractivity contribution in [2.45, 2.75) is 25.7 Å². The lowest BCUT2D eigenvalue weighted by Crippen LogP contribution is -2.18. The predicted molar refractivity (Wildman–Crippen MR) is 97.6 cm³/mol. The number of carbonyl (C=O) groups is 1. The molecule has 0 aliphatic carbocycles. The van der Waals surface area contributed by atoms with Gasteiger partial charge in [-0.2, -0.15) is 0 Å². The molecule has 3 rings (SSSR count). The number of benzene rings is 2. The van der Waals surface area contributed by atoms with E-state index < -0.39 is 0 Å². The van der Waals surface area contributed by atoms with Crippen LogP contribution in [0, 0.1) is 5.92 Å². The summed E-state index contributed by atoms with van der Waals surface area (Å²) in [5.74, 6) is 0.715.